The van der Waals surface area contributed by atoms with E-state index in [4.69, 9.17) is 0 Å². The first kappa shape index (κ1) is 24.2. The molecular formula is C15H29F3IN5O. The molecule has 1 saturated heterocycles. The van der Waals surface area contributed by atoms with Gasteiger partial charge in [-0.15, -0.1) is 24.0 Å². The van der Waals surface area contributed by atoms with Gasteiger partial charge >= 0.3 is 6.18 Å². The van der Waals surface area contributed by atoms with Crippen LogP contribution in [0.3, 0.4) is 0 Å². The average molecular weight is 479 g/mol. The van der Waals surface area contributed by atoms with Gasteiger partial charge in [0.15, 0.2) is 5.96 Å². The summed E-state index contributed by atoms with van der Waals surface area (Å²) < 4.78 is 36.8. The van der Waals surface area contributed by atoms with Crippen molar-refractivity contribution in [1.29, 1.82) is 0 Å². The van der Waals surface area contributed by atoms with E-state index < -0.39 is 12.7 Å². The highest BCUT2D eigenvalue weighted by Crippen LogP contribution is 2.15. The van der Waals surface area contributed by atoms with Crippen LogP contribution >= 0.6 is 24.0 Å². The summed E-state index contributed by atoms with van der Waals surface area (Å²) in [4.78, 5) is 21.0. The lowest BCUT2D eigenvalue weighted by molar-refractivity contribution is -0.143. The fourth-order valence-corrected chi connectivity index (χ4v) is 2.57. The van der Waals surface area contributed by atoms with E-state index in [1.807, 2.05) is 6.92 Å². The summed E-state index contributed by atoms with van der Waals surface area (Å²) in [5, 5.41) is 3.20. The van der Waals surface area contributed by atoms with Crippen molar-refractivity contribution in [2.24, 2.45) is 4.99 Å². The topological polar surface area (TPSA) is 51.2 Å². The molecule has 1 amide bonds. The molecule has 1 N–H and O–H groups in total. The Balaban J connectivity index is 0.00000576. The second-order valence-corrected chi connectivity index (χ2v) is 5.94. The first-order valence-electron chi connectivity index (χ1n) is 8.27. The van der Waals surface area contributed by atoms with Crippen molar-refractivity contribution in [3.8, 4) is 0 Å². The van der Waals surface area contributed by atoms with Crippen LogP contribution in [0.15, 0.2) is 4.99 Å². The van der Waals surface area contributed by atoms with Gasteiger partial charge in [-0.05, 0) is 26.9 Å². The summed E-state index contributed by atoms with van der Waals surface area (Å²) in [6.07, 6.45) is -3.60. The number of hydrogen-bond acceptors (Lipinski definition) is 3. The molecule has 1 aliphatic heterocycles. The zero-order chi connectivity index (χ0) is 18.2. The van der Waals surface area contributed by atoms with Crippen LogP contribution in [-0.2, 0) is 4.79 Å². The molecule has 1 aliphatic rings. The first-order chi connectivity index (χ1) is 11.2. The van der Waals surface area contributed by atoms with Crippen molar-refractivity contribution in [2.75, 3.05) is 59.4 Å². The number of carbonyl (C=O) groups is 1. The van der Waals surface area contributed by atoms with Crippen molar-refractivity contribution in [3.05, 3.63) is 0 Å². The molecule has 0 spiro atoms. The number of alkyl halides is 3. The summed E-state index contributed by atoms with van der Waals surface area (Å²) in [5.74, 6) is 0.837. The van der Waals surface area contributed by atoms with E-state index in [-0.39, 0.29) is 29.9 Å². The molecule has 0 aliphatic carbocycles. The Morgan fingerprint density at radius 3 is 2.24 bits per heavy atom. The molecule has 1 heterocycles. The van der Waals surface area contributed by atoms with Gasteiger partial charge in [-0.3, -0.25) is 14.7 Å². The molecule has 1 rings (SSSR count). The monoisotopic (exact) mass is 479 g/mol. The predicted octanol–water partition coefficient (Wildman–Crippen LogP) is 1.62. The Kier molecular flexibility index (Phi) is 11.4. The van der Waals surface area contributed by atoms with Gasteiger partial charge in [0, 0.05) is 46.2 Å². The molecule has 0 aromatic carbocycles. The van der Waals surface area contributed by atoms with Crippen molar-refractivity contribution in [3.63, 3.8) is 0 Å². The molecule has 0 aromatic rings. The SMILES string of the molecule is CCNC(=NCCCN(C)CC(F)(F)F)N1CCN(C(C)=O)CC1.I. The number of nitrogens with zero attached hydrogens (tertiary/aromatic N) is 4. The molecule has 10 heteroatoms. The smallest absolute Gasteiger partial charge is 0.357 e. The molecular weight excluding hydrogens is 450 g/mol. The van der Waals surface area contributed by atoms with E-state index in [0.29, 0.717) is 45.7 Å². The molecule has 0 bridgehead atoms. The van der Waals surface area contributed by atoms with Gasteiger partial charge in [0.1, 0.15) is 0 Å². The lowest BCUT2D eigenvalue weighted by Crippen LogP contribution is -2.53. The molecule has 0 radical (unpaired) electrons. The molecule has 25 heavy (non-hydrogen) atoms. The van der Waals surface area contributed by atoms with E-state index in [0.717, 1.165) is 12.5 Å². The number of hydrogen-bond donors (Lipinski definition) is 1. The lowest BCUT2D eigenvalue weighted by Gasteiger charge is -2.36. The Morgan fingerprint density at radius 1 is 1.20 bits per heavy atom. The van der Waals surface area contributed by atoms with Crippen LogP contribution in [0.2, 0.25) is 0 Å². The minimum absolute atomic E-state index is 0. The molecule has 148 valence electrons. The van der Waals surface area contributed by atoms with Crippen LogP contribution in [0.4, 0.5) is 13.2 Å². The highest BCUT2D eigenvalue weighted by molar-refractivity contribution is 14.0. The maximum absolute atomic E-state index is 12.3. The van der Waals surface area contributed by atoms with Crippen molar-refractivity contribution in [1.82, 2.24) is 20.0 Å². The molecule has 1 fully saturated rings. The van der Waals surface area contributed by atoms with Gasteiger partial charge in [-0.25, -0.2) is 0 Å². The maximum atomic E-state index is 12.3. The van der Waals surface area contributed by atoms with Crippen molar-refractivity contribution < 1.29 is 18.0 Å². The second-order valence-electron chi connectivity index (χ2n) is 5.94. The minimum atomic E-state index is -4.16. The zero-order valence-electron chi connectivity index (χ0n) is 15.1. The lowest BCUT2D eigenvalue weighted by atomic mass is 10.3. The number of aliphatic imine (C=N–C) groups is 1. The quantitative estimate of drug-likeness (QED) is 0.273. The normalized spacial score (nSPS) is 16.0. The fraction of sp³-hybridized carbons (Fsp3) is 0.867. The Labute approximate surface area is 164 Å². The Bertz CT molecular complexity index is 426. The van der Waals surface area contributed by atoms with Crippen LogP contribution in [0.25, 0.3) is 0 Å². The van der Waals surface area contributed by atoms with Gasteiger partial charge in [-0.2, -0.15) is 13.2 Å². The average Bonchev–Trinajstić information content (AvgIpc) is 2.48. The van der Waals surface area contributed by atoms with E-state index >= 15 is 0 Å². The number of rotatable bonds is 6. The van der Waals surface area contributed by atoms with Crippen LogP contribution in [0, 0.1) is 0 Å². The third kappa shape index (κ3) is 10.1. The van der Waals surface area contributed by atoms with Gasteiger partial charge in [0.25, 0.3) is 0 Å². The summed E-state index contributed by atoms with van der Waals surface area (Å²) in [7, 11) is 1.46. The first-order valence-corrected chi connectivity index (χ1v) is 8.27. The fourth-order valence-electron chi connectivity index (χ4n) is 2.57. The number of carbonyl (C=O) groups excluding carboxylic acids is 1. The highest BCUT2D eigenvalue weighted by Gasteiger charge is 2.28. The molecule has 0 saturated carbocycles. The van der Waals surface area contributed by atoms with Crippen molar-refractivity contribution in [2.45, 2.75) is 26.4 Å². The van der Waals surface area contributed by atoms with E-state index in [9.17, 15) is 18.0 Å². The third-order valence-corrected chi connectivity index (χ3v) is 3.77. The van der Waals surface area contributed by atoms with Gasteiger partial charge < -0.3 is 15.1 Å². The Hall–Kier alpha value is -0.780. The molecule has 0 atom stereocenters. The van der Waals surface area contributed by atoms with E-state index in [1.165, 1.54) is 11.9 Å². The number of piperazine rings is 1. The summed E-state index contributed by atoms with van der Waals surface area (Å²) in [5.41, 5.74) is 0. The number of nitrogens with one attached hydrogen (secondary N) is 1. The Morgan fingerprint density at radius 2 is 1.76 bits per heavy atom. The van der Waals surface area contributed by atoms with Crippen LogP contribution in [0.1, 0.15) is 20.3 Å². The summed E-state index contributed by atoms with van der Waals surface area (Å²) >= 11 is 0. The molecule has 6 nitrogen and oxygen atoms in total. The minimum Gasteiger partial charge on any atom is -0.357 e. The maximum Gasteiger partial charge on any atom is 0.401 e. The van der Waals surface area contributed by atoms with Gasteiger partial charge in [-0.1, -0.05) is 0 Å². The van der Waals surface area contributed by atoms with E-state index in [2.05, 4.69) is 15.2 Å². The largest absolute Gasteiger partial charge is 0.401 e. The van der Waals surface area contributed by atoms with Crippen molar-refractivity contribution >= 4 is 35.8 Å². The van der Waals surface area contributed by atoms with Gasteiger partial charge in [0.2, 0.25) is 5.91 Å². The number of amides is 1. The van der Waals surface area contributed by atoms with Gasteiger partial charge in [0.05, 0.1) is 6.54 Å². The number of guanidine groups is 1. The second kappa shape index (κ2) is 11.8. The number of halogens is 4. The molecule has 0 aromatic heterocycles. The van der Waals surface area contributed by atoms with E-state index in [1.54, 1.807) is 11.8 Å². The van der Waals surface area contributed by atoms with Crippen LogP contribution in [-0.4, -0.2) is 92.1 Å². The predicted molar refractivity (Wildman–Crippen MR) is 103 cm³/mol. The third-order valence-electron chi connectivity index (χ3n) is 3.77. The highest BCUT2D eigenvalue weighted by atomic mass is 127. The summed E-state index contributed by atoms with van der Waals surface area (Å²) in [6, 6.07) is 0. The summed E-state index contributed by atoms with van der Waals surface area (Å²) in [6.45, 7) is 6.91. The standard InChI is InChI=1S/C15H28F3N5O.HI/c1-4-19-14(23-10-8-22(9-11-23)13(2)24)20-6-5-7-21(3)12-15(16,17)18;/h4-12H2,1-3H3,(H,19,20);1H. The zero-order valence-corrected chi connectivity index (χ0v) is 17.4. The van der Waals surface area contributed by atoms with Crippen LogP contribution in [0.5, 0.6) is 0 Å². The van der Waals surface area contributed by atoms with Crippen LogP contribution < -0.4 is 5.32 Å². The molecule has 0 unspecified atom stereocenters.